The molecular formula is C16H14N2O2. The van der Waals surface area contributed by atoms with E-state index in [1.165, 1.54) is 12.7 Å². The molecule has 3 aromatic rings. The summed E-state index contributed by atoms with van der Waals surface area (Å²) < 4.78 is 6.64. The Balaban J connectivity index is 2.00. The lowest BCUT2D eigenvalue weighted by Crippen LogP contribution is -2.01. The highest BCUT2D eigenvalue weighted by atomic mass is 16.5. The lowest BCUT2D eigenvalue weighted by Gasteiger charge is -2.00. The summed E-state index contributed by atoms with van der Waals surface area (Å²) >= 11 is 0. The fourth-order valence-electron chi connectivity index (χ4n) is 2.23. The molecule has 100 valence electrons. The largest absolute Gasteiger partial charge is 0.465 e. The standard InChI is InChI=1S/C16H14N2O2/c1-20-16(19)13-8-5-9-15-14(13)11-18(17-15)10-12-6-3-2-4-7-12/h2-9,11H,10H2,1H3. The fraction of sp³-hybridized carbons (Fsp3) is 0.125. The Kier molecular flexibility index (Phi) is 3.21. The van der Waals surface area contributed by atoms with E-state index in [0.29, 0.717) is 12.1 Å². The van der Waals surface area contributed by atoms with Gasteiger partial charge in [-0.3, -0.25) is 4.68 Å². The fourth-order valence-corrected chi connectivity index (χ4v) is 2.23. The molecule has 4 nitrogen and oxygen atoms in total. The van der Waals surface area contributed by atoms with Crippen LogP contribution >= 0.6 is 0 Å². The van der Waals surface area contributed by atoms with Gasteiger partial charge in [0.2, 0.25) is 0 Å². The highest BCUT2D eigenvalue weighted by Crippen LogP contribution is 2.19. The molecule has 0 radical (unpaired) electrons. The molecule has 0 spiro atoms. The monoisotopic (exact) mass is 266 g/mol. The third-order valence-corrected chi connectivity index (χ3v) is 3.19. The van der Waals surface area contributed by atoms with Gasteiger partial charge in [0.05, 0.1) is 24.7 Å². The molecule has 3 rings (SSSR count). The first-order valence-electron chi connectivity index (χ1n) is 6.36. The van der Waals surface area contributed by atoms with Crippen molar-refractivity contribution in [2.75, 3.05) is 7.11 Å². The summed E-state index contributed by atoms with van der Waals surface area (Å²) in [6.45, 7) is 0.677. The predicted molar refractivity (Wildman–Crippen MR) is 76.6 cm³/mol. The number of esters is 1. The molecular weight excluding hydrogens is 252 g/mol. The van der Waals surface area contributed by atoms with Crippen molar-refractivity contribution < 1.29 is 9.53 Å². The van der Waals surface area contributed by atoms with Crippen LogP contribution in [-0.2, 0) is 11.3 Å². The molecule has 0 amide bonds. The molecule has 1 aromatic heterocycles. The Morgan fingerprint density at radius 2 is 1.95 bits per heavy atom. The van der Waals surface area contributed by atoms with E-state index in [0.717, 1.165) is 10.9 Å². The van der Waals surface area contributed by atoms with Gasteiger partial charge in [-0.2, -0.15) is 5.10 Å². The molecule has 20 heavy (non-hydrogen) atoms. The summed E-state index contributed by atoms with van der Waals surface area (Å²) in [5.41, 5.74) is 2.51. The Labute approximate surface area is 116 Å². The number of methoxy groups -OCH3 is 1. The van der Waals surface area contributed by atoms with Crippen molar-refractivity contribution in [3.05, 3.63) is 65.9 Å². The van der Waals surface area contributed by atoms with Crippen LogP contribution in [-0.4, -0.2) is 22.9 Å². The molecule has 0 aliphatic rings. The summed E-state index contributed by atoms with van der Waals surface area (Å²) in [7, 11) is 1.38. The SMILES string of the molecule is COC(=O)c1cccc2nn(Cc3ccccc3)cc12. The van der Waals surface area contributed by atoms with E-state index in [1.54, 1.807) is 6.07 Å². The van der Waals surface area contributed by atoms with Gasteiger partial charge >= 0.3 is 5.97 Å². The summed E-state index contributed by atoms with van der Waals surface area (Å²) in [6, 6.07) is 15.5. The van der Waals surface area contributed by atoms with Crippen LogP contribution in [0.25, 0.3) is 10.9 Å². The lowest BCUT2D eigenvalue weighted by atomic mass is 10.1. The van der Waals surface area contributed by atoms with Gasteiger partial charge in [-0.05, 0) is 17.7 Å². The second kappa shape index (κ2) is 5.17. The van der Waals surface area contributed by atoms with Crippen LogP contribution in [0.15, 0.2) is 54.7 Å². The molecule has 0 bridgehead atoms. The zero-order valence-corrected chi connectivity index (χ0v) is 11.1. The van der Waals surface area contributed by atoms with Crippen LogP contribution in [0.4, 0.5) is 0 Å². The average molecular weight is 266 g/mol. The van der Waals surface area contributed by atoms with Gasteiger partial charge in [0, 0.05) is 11.6 Å². The predicted octanol–water partition coefficient (Wildman–Crippen LogP) is 2.87. The van der Waals surface area contributed by atoms with Crippen molar-refractivity contribution in [2.45, 2.75) is 6.54 Å². The minimum atomic E-state index is -0.338. The molecule has 0 saturated carbocycles. The molecule has 0 aliphatic carbocycles. The topological polar surface area (TPSA) is 44.1 Å². The zero-order valence-electron chi connectivity index (χ0n) is 11.1. The van der Waals surface area contributed by atoms with Crippen LogP contribution in [0.5, 0.6) is 0 Å². The minimum Gasteiger partial charge on any atom is -0.465 e. The third kappa shape index (κ3) is 2.28. The van der Waals surface area contributed by atoms with Crippen molar-refractivity contribution in [3.63, 3.8) is 0 Å². The third-order valence-electron chi connectivity index (χ3n) is 3.19. The van der Waals surface area contributed by atoms with E-state index >= 15 is 0 Å². The van der Waals surface area contributed by atoms with Crippen LogP contribution in [0.2, 0.25) is 0 Å². The maximum atomic E-state index is 11.7. The molecule has 1 heterocycles. The van der Waals surface area contributed by atoms with E-state index in [2.05, 4.69) is 5.10 Å². The van der Waals surface area contributed by atoms with Crippen LogP contribution < -0.4 is 0 Å². The number of hydrogen-bond acceptors (Lipinski definition) is 3. The van der Waals surface area contributed by atoms with E-state index < -0.39 is 0 Å². The summed E-state index contributed by atoms with van der Waals surface area (Å²) in [5, 5.41) is 5.31. The number of nitrogens with zero attached hydrogens (tertiary/aromatic N) is 2. The summed E-state index contributed by atoms with van der Waals surface area (Å²) in [6.07, 6.45) is 1.88. The molecule has 0 aliphatic heterocycles. The van der Waals surface area contributed by atoms with E-state index in [1.807, 2.05) is 53.3 Å². The van der Waals surface area contributed by atoms with Crippen molar-refractivity contribution in [2.24, 2.45) is 0 Å². The number of hydrogen-bond donors (Lipinski definition) is 0. The van der Waals surface area contributed by atoms with Gasteiger partial charge in [-0.25, -0.2) is 4.79 Å². The Bertz CT molecular complexity index is 748. The van der Waals surface area contributed by atoms with Crippen LogP contribution in [0, 0.1) is 0 Å². The van der Waals surface area contributed by atoms with Gasteiger partial charge in [-0.1, -0.05) is 36.4 Å². The highest BCUT2D eigenvalue weighted by Gasteiger charge is 2.12. The summed E-state index contributed by atoms with van der Waals surface area (Å²) in [4.78, 5) is 11.7. The van der Waals surface area contributed by atoms with Gasteiger partial charge in [-0.15, -0.1) is 0 Å². The average Bonchev–Trinajstić information content (AvgIpc) is 2.89. The first kappa shape index (κ1) is 12.4. The molecule has 0 saturated heterocycles. The molecule has 2 aromatic carbocycles. The number of carbonyl (C=O) groups is 1. The maximum Gasteiger partial charge on any atom is 0.338 e. The summed E-state index contributed by atoms with van der Waals surface area (Å²) in [5.74, 6) is -0.338. The Morgan fingerprint density at radius 3 is 2.70 bits per heavy atom. The highest BCUT2D eigenvalue weighted by molar-refractivity contribution is 6.03. The minimum absolute atomic E-state index is 0.338. The van der Waals surface area contributed by atoms with Crippen molar-refractivity contribution in [1.82, 2.24) is 9.78 Å². The molecule has 0 atom stereocenters. The Morgan fingerprint density at radius 1 is 1.15 bits per heavy atom. The maximum absolute atomic E-state index is 11.7. The molecule has 0 unspecified atom stereocenters. The lowest BCUT2D eigenvalue weighted by molar-refractivity contribution is 0.0603. The zero-order chi connectivity index (χ0) is 13.9. The van der Waals surface area contributed by atoms with E-state index in [4.69, 9.17) is 4.74 Å². The normalized spacial score (nSPS) is 10.7. The van der Waals surface area contributed by atoms with Gasteiger partial charge in [0.15, 0.2) is 0 Å². The first-order valence-corrected chi connectivity index (χ1v) is 6.36. The number of fused-ring (bicyclic) bond motifs is 1. The number of rotatable bonds is 3. The molecule has 4 heteroatoms. The van der Waals surface area contributed by atoms with E-state index in [9.17, 15) is 4.79 Å². The van der Waals surface area contributed by atoms with Gasteiger partial charge in [0.1, 0.15) is 0 Å². The van der Waals surface area contributed by atoms with Crippen molar-refractivity contribution in [3.8, 4) is 0 Å². The Hall–Kier alpha value is -2.62. The number of ether oxygens (including phenoxy) is 1. The first-order chi connectivity index (χ1) is 9.78. The van der Waals surface area contributed by atoms with Gasteiger partial charge < -0.3 is 4.74 Å². The van der Waals surface area contributed by atoms with Crippen LogP contribution in [0.3, 0.4) is 0 Å². The number of carbonyl (C=O) groups excluding carboxylic acids is 1. The second-order valence-corrected chi connectivity index (χ2v) is 4.54. The number of aromatic nitrogens is 2. The second-order valence-electron chi connectivity index (χ2n) is 4.54. The smallest absolute Gasteiger partial charge is 0.338 e. The molecule has 0 fully saturated rings. The quantitative estimate of drug-likeness (QED) is 0.685. The van der Waals surface area contributed by atoms with Crippen molar-refractivity contribution in [1.29, 1.82) is 0 Å². The van der Waals surface area contributed by atoms with Gasteiger partial charge in [0.25, 0.3) is 0 Å². The number of benzene rings is 2. The molecule has 0 N–H and O–H groups in total. The van der Waals surface area contributed by atoms with Crippen molar-refractivity contribution >= 4 is 16.9 Å². The van der Waals surface area contributed by atoms with E-state index in [-0.39, 0.29) is 5.97 Å². The van der Waals surface area contributed by atoms with Crippen LogP contribution in [0.1, 0.15) is 15.9 Å².